The van der Waals surface area contributed by atoms with Crippen molar-refractivity contribution in [3.8, 4) is 0 Å². The largest absolute Gasteiger partial charge is 0.341 e. The smallest absolute Gasteiger partial charge is 0.319 e. The summed E-state index contributed by atoms with van der Waals surface area (Å²) in [6.07, 6.45) is 2.37. The number of anilines is 2. The molecule has 2 heterocycles. The molecule has 0 unspecified atom stereocenters. The SMILES string of the molecule is Cc1cc(CNC(=O)Nc2cccc(C)c2C)nc(N2CCCC2)n1. The average molecular weight is 339 g/mol. The molecule has 0 radical (unpaired) electrons. The molecule has 3 rings (SSSR count). The summed E-state index contributed by atoms with van der Waals surface area (Å²) in [6, 6.07) is 7.56. The highest BCUT2D eigenvalue weighted by molar-refractivity contribution is 5.90. The highest BCUT2D eigenvalue weighted by Gasteiger charge is 2.16. The van der Waals surface area contributed by atoms with Gasteiger partial charge in [-0.1, -0.05) is 12.1 Å². The number of hydrogen-bond acceptors (Lipinski definition) is 4. The van der Waals surface area contributed by atoms with E-state index in [1.165, 1.54) is 12.8 Å². The van der Waals surface area contributed by atoms with E-state index in [2.05, 4.69) is 25.5 Å². The second kappa shape index (κ2) is 7.51. The van der Waals surface area contributed by atoms with Crippen LogP contribution in [0.4, 0.5) is 16.4 Å². The lowest BCUT2D eigenvalue weighted by Gasteiger charge is -2.17. The Morgan fingerprint density at radius 3 is 2.68 bits per heavy atom. The number of nitrogens with zero attached hydrogens (tertiary/aromatic N) is 3. The Balaban J connectivity index is 1.63. The molecule has 2 N–H and O–H groups in total. The van der Waals surface area contributed by atoms with Crippen molar-refractivity contribution in [1.29, 1.82) is 0 Å². The number of carbonyl (C=O) groups is 1. The maximum absolute atomic E-state index is 12.2. The van der Waals surface area contributed by atoms with Crippen molar-refractivity contribution < 1.29 is 4.79 Å². The second-order valence-corrected chi connectivity index (χ2v) is 6.55. The predicted molar refractivity (Wildman–Crippen MR) is 100.0 cm³/mol. The third-order valence-corrected chi connectivity index (χ3v) is 4.57. The van der Waals surface area contributed by atoms with E-state index in [-0.39, 0.29) is 6.03 Å². The van der Waals surface area contributed by atoms with Crippen molar-refractivity contribution in [1.82, 2.24) is 15.3 Å². The Bertz CT molecular complexity index is 768. The summed E-state index contributed by atoms with van der Waals surface area (Å²) in [5.41, 5.74) is 4.80. The number of amides is 2. The molecule has 1 fully saturated rings. The minimum Gasteiger partial charge on any atom is -0.341 e. The van der Waals surface area contributed by atoms with Gasteiger partial charge in [0, 0.05) is 24.5 Å². The first-order valence-electron chi connectivity index (χ1n) is 8.73. The quantitative estimate of drug-likeness (QED) is 0.896. The first-order chi connectivity index (χ1) is 12.0. The molecule has 2 aromatic rings. The van der Waals surface area contributed by atoms with Crippen molar-refractivity contribution in [2.45, 2.75) is 40.2 Å². The van der Waals surface area contributed by atoms with Crippen molar-refractivity contribution in [2.24, 2.45) is 0 Å². The van der Waals surface area contributed by atoms with Gasteiger partial charge in [-0.15, -0.1) is 0 Å². The van der Waals surface area contributed by atoms with Crippen molar-refractivity contribution >= 4 is 17.7 Å². The molecule has 1 aliphatic heterocycles. The molecule has 0 bridgehead atoms. The van der Waals surface area contributed by atoms with Crippen molar-refractivity contribution in [3.63, 3.8) is 0 Å². The normalized spacial score (nSPS) is 13.8. The predicted octanol–water partition coefficient (Wildman–Crippen LogP) is 3.32. The van der Waals surface area contributed by atoms with Crippen molar-refractivity contribution in [2.75, 3.05) is 23.3 Å². The molecular weight excluding hydrogens is 314 g/mol. The summed E-state index contributed by atoms with van der Waals surface area (Å²) < 4.78 is 0. The van der Waals surface area contributed by atoms with Crippen molar-refractivity contribution in [3.05, 3.63) is 46.8 Å². The van der Waals surface area contributed by atoms with Gasteiger partial charge in [-0.3, -0.25) is 0 Å². The van der Waals surface area contributed by atoms with E-state index < -0.39 is 0 Å². The van der Waals surface area contributed by atoms with Gasteiger partial charge in [-0.05, 0) is 56.9 Å². The van der Waals surface area contributed by atoms with E-state index in [1.54, 1.807) is 0 Å². The van der Waals surface area contributed by atoms with Gasteiger partial charge in [-0.2, -0.15) is 0 Å². The number of urea groups is 1. The first-order valence-corrected chi connectivity index (χ1v) is 8.73. The van der Waals surface area contributed by atoms with Gasteiger partial charge in [0.15, 0.2) is 0 Å². The Hall–Kier alpha value is -2.63. The maximum Gasteiger partial charge on any atom is 0.319 e. The van der Waals surface area contributed by atoms with Gasteiger partial charge in [0.05, 0.1) is 12.2 Å². The second-order valence-electron chi connectivity index (χ2n) is 6.55. The number of hydrogen-bond donors (Lipinski definition) is 2. The third kappa shape index (κ3) is 4.26. The summed E-state index contributed by atoms with van der Waals surface area (Å²) >= 11 is 0. The van der Waals surface area contributed by atoms with Gasteiger partial charge in [0.1, 0.15) is 0 Å². The van der Waals surface area contributed by atoms with Gasteiger partial charge >= 0.3 is 6.03 Å². The van der Waals surface area contributed by atoms with E-state index >= 15 is 0 Å². The summed E-state index contributed by atoms with van der Waals surface area (Å²) in [5, 5.41) is 5.78. The number of aryl methyl sites for hydroxylation is 2. The lowest BCUT2D eigenvalue weighted by molar-refractivity contribution is 0.251. The fourth-order valence-electron chi connectivity index (χ4n) is 2.99. The van der Waals surface area contributed by atoms with Crippen LogP contribution in [0.1, 0.15) is 35.4 Å². The molecule has 0 aliphatic carbocycles. The van der Waals surface area contributed by atoms with E-state index in [4.69, 9.17) is 0 Å². The number of carbonyl (C=O) groups excluding carboxylic acids is 1. The van der Waals surface area contributed by atoms with Crippen LogP contribution >= 0.6 is 0 Å². The number of rotatable bonds is 4. The Morgan fingerprint density at radius 2 is 1.92 bits per heavy atom. The van der Waals surface area contributed by atoms with Crippen LogP contribution in [0.25, 0.3) is 0 Å². The van der Waals surface area contributed by atoms with E-state index in [9.17, 15) is 4.79 Å². The van der Waals surface area contributed by atoms with Crippen LogP contribution < -0.4 is 15.5 Å². The first kappa shape index (κ1) is 17.2. The van der Waals surface area contributed by atoms with Crippen LogP contribution in [0.5, 0.6) is 0 Å². The van der Waals surface area contributed by atoms with Gasteiger partial charge in [0.25, 0.3) is 0 Å². The molecule has 1 saturated heterocycles. The Morgan fingerprint density at radius 1 is 1.16 bits per heavy atom. The molecule has 0 spiro atoms. The number of benzene rings is 1. The molecule has 1 aromatic carbocycles. The molecule has 0 atom stereocenters. The van der Waals surface area contributed by atoms with E-state index in [1.807, 2.05) is 45.0 Å². The van der Waals surface area contributed by atoms with Crippen LogP contribution in [-0.2, 0) is 6.54 Å². The molecule has 6 nitrogen and oxygen atoms in total. The lowest BCUT2D eigenvalue weighted by Crippen LogP contribution is -2.29. The summed E-state index contributed by atoms with van der Waals surface area (Å²) in [4.78, 5) is 23.5. The van der Waals surface area contributed by atoms with E-state index in [0.29, 0.717) is 6.54 Å². The average Bonchev–Trinajstić information content (AvgIpc) is 3.11. The topological polar surface area (TPSA) is 70.2 Å². The number of aromatic nitrogens is 2. The zero-order valence-corrected chi connectivity index (χ0v) is 15.1. The van der Waals surface area contributed by atoms with Crippen LogP contribution in [-0.4, -0.2) is 29.1 Å². The van der Waals surface area contributed by atoms with Crippen LogP contribution in [0.3, 0.4) is 0 Å². The molecule has 1 aliphatic rings. The highest BCUT2D eigenvalue weighted by atomic mass is 16.2. The minimum absolute atomic E-state index is 0.229. The standard InChI is InChI=1S/C19H25N5O/c1-13-7-6-8-17(15(13)3)23-19(25)20-12-16-11-14(2)21-18(22-16)24-9-4-5-10-24/h6-8,11H,4-5,9-10,12H2,1-3H3,(H2,20,23,25). The van der Waals surface area contributed by atoms with E-state index in [0.717, 1.165) is 47.2 Å². The molecule has 6 heteroatoms. The summed E-state index contributed by atoms with van der Waals surface area (Å²) in [7, 11) is 0. The number of nitrogens with one attached hydrogen (secondary N) is 2. The Labute approximate surface area is 148 Å². The summed E-state index contributed by atoms with van der Waals surface area (Å²) in [5.74, 6) is 0.768. The monoisotopic (exact) mass is 339 g/mol. The lowest BCUT2D eigenvalue weighted by atomic mass is 10.1. The molecule has 2 amide bonds. The van der Waals surface area contributed by atoms with Gasteiger partial charge < -0.3 is 15.5 Å². The molecule has 1 aromatic heterocycles. The van der Waals surface area contributed by atoms with Crippen LogP contribution in [0, 0.1) is 20.8 Å². The zero-order chi connectivity index (χ0) is 17.8. The molecule has 25 heavy (non-hydrogen) atoms. The molecular formula is C19H25N5O. The maximum atomic E-state index is 12.2. The Kier molecular flexibility index (Phi) is 5.16. The van der Waals surface area contributed by atoms with Gasteiger partial charge in [-0.25, -0.2) is 14.8 Å². The molecule has 0 saturated carbocycles. The third-order valence-electron chi connectivity index (χ3n) is 4.57. The molecule has 132 valence electrons. The zero-order valence-electron chi connectivity index (χ0n) is 15.1. The minimum atomic E-state index is -0.229. The van der Waals surface area contributed by atoms with Crippen LogP contribution in [0.2, 0.25) is 0 Å². The fraction of sp³-hybridized carbons (Fsp3) is 0.421. The van der Waals surface area contributed by atoms with Gasteiger partial charge in [0.2, 0.25) is 5.95 Å². The highest BCUT2D eigenvalue weighted by Crippen LogP contribution is 2.18. The fourth-order valence-corrected chi connectivity index (χ4v) is 2.99. The van der Waals surface area contributed by atoms with Crippen LogP contribution in [0.15, 0.2) is 24.3 Å². The summed E-state index contributed by atoms with van der Waals surface area (Å²) in [6.45, 7) is 8.37.